The Morgan fingerprint density at radius 3 is 2.77 bits per heavy atom. The summed E-state index contributed by atoms with van der Waals surface area (Å²) in [7, 11) is 0. The van der Waals surface area contributed by atoms with E-state index >= 15 is 0 Å². The second-order valence-corrected chi connectivity index (χ2v) is 6.09. The summed E-state index contributed by atoms with van der Waals surface area (Å²) in [6.07, 6.45) is 0.922. The SMILES string of the molecule is Oc1ccc(C2=CSC3=Nc4ccccc4CCN23)cc1O. The molecule has 0 atom stereocenters. The van der Waals surface area contributed by atoms with Crippen LogP contribution in [0.1, 0.15) is 11.1 Å². The molecule has 0 spiro atoms. The molecule has 0 saturated carbocycles. The molecule has 22 heavy (non-hydrogen) atoms. The number of hydrogen-bond donors (Lipinski definition) is 2. The van der Waals surface area contributed by atoms with Crippen LogP contribution in [0.15, 0.2) is 52.9 Å². The zero-order chi connectivity index (χ0) is 15.1. The molecule has 2 aliphatic rings. The highest BCUT2D eigenvalue weighted by molar-refractivity contribution is 8.16. The zero-order valence-corrected chi connectivity index (χ0v) is 12.5. The summed E-state index contributed by atoms with van der Waals surface area (Å²) in [6.45, 7) is 0.844. The molecule has 0 aromatic heterocycles. The number of thioether (sulfide) groups is 1. The van der Waals surface area contributed by atoms with Crippen molar-refractivity contribution in [2.45, 2.75) is 6.42 Å². The lowest BCUT2D eigenvalue weighted by atomic mass is 10.1. The van der Waals surface area contributed by atoms with E-state index in [0.29, 0.717) is 0 Å². The first-order valence-corrected chi connectivity index (χ1v) is 7.93. The molecular formula is C17H14N2O2S. The van der Waals surface area contributed by atoms with Crippen molar-refractivity contribution in [3.05, 3.63) is 59.0 Å². The van der Waals surface area contributed by atoms with Crippen LogP contribution >= 0.6 is 11.8 Å². The number of nitrogens with zero attached hydrogens (tertiary/aromatic N) is 2. The highest BCUT2D eigenvalue weighted by Crippen LogP contribution is 2.39. The molecule has 0 aliphatic carbocycles. The minimum absolute atomic E-state index is 0.104. The van der Waals surface area contributed by atoms with Crippen LogP contribution in [0.5, 0.6) is 11.5 Å². The molecule has 0 fully saturated rings. The first-order chi connectivity index (χ1) is 10.7. The first kappa shape index (κ1) is 13.3. The lowest BCUT2D eigenvalue weighted by Crippen LogP contribution is -2.24. The van der Waals surface area contributed by atoms with Crippen molar-refractivity contribution in [1.29, 1.82) is 0 Å². The zero-order valence-electron chi connectivity index (χ0n) is 11.7. The number of phenols is 2. The third-order valence-corrected chi connectivity index (χ3v) is 4.74. The topological polar surface area (TPSA) is 56.1 Å². The molecule has 2 aliphatic heterocycles. The maximum atomic E-state index is 9.72. The lowest BCUT2D eigenvalue weighted by molar-refractivity contribution is 0.403. The lowest BCUT2D eigenvalue weighted by Gasteiger charge is -2.21. The summed E-state index contributed by atoms with van der Waals surface area (Å²) < 4.78 is 0. The Bertz CT molecular complexity index is 814. The summed E-state index contributed by atoms with van der Waals surface area (Å²) in [6, 6.07) is 13.1. The van der Waals surface area contributed by atoms with Crippen molar-refractivity contribution in [2.24, 2.45) is 4.99 Å². The van der Waals surface area contributed by atoms with E-state index in [4.69, 9.17) is 4.99 Å². The average molecular weight is 310 g/mol. The van der Waals surface area contributed by atoms with E-state index in [9.17, 15) is 10.2 Å². The van der Waals surface area contributed by atoms with Gasteiger partial charge in [0.15, 0.2) is 16.7 Å². The second kappa shape index (κ2) is 5.10. The fourth-order valence-electron chi connectivity index (χ4n) is 2.71. The predicted octanol–water partition coefficient (Wildman–Crippen LogP) is 3.69. The number of amidine groups is 1. The van der Waals surface area contributed by atoms with Gasteiger partial charge in [0, 0.05) is 17.5 Å². The van der Waals surface area contributed by atoms with E-state index in [1.54, 1.807) is 17.8 Å². The Kier molecular flexibility index (Phi) is 3.08. The molecule has 0 bridgehead atoms. The predicted molar refractivity (Wildman–Crippen MR) is 89.3 cm³/mol. The van der Waals surface area contributed by atoms with Gasteiger partial charge in [-0.05, 0) is 36.2 Å². The van der Waals surface area contributed by atoms with Crippen LogP contribution in [0.4, 0.5) is 5.69 Å². The standard InChI is InChI=1S/C17H14N2O2S/c20-15-6-5-12(9-16(15)21)14-10-22-17-18-13-4-2-1-3-11(13)7-8-19(14)17/h1-6,9-10,20-21H,7-8H2. The quantitative estimate of drug-likeness (QED) is 0.789. The second-order valence-electron chi connectivity index (χ2n) is 5.25. The molecule has 2 heterocycles. The Morgan fingerprint density at radius 2 is 1.91 bits per heavy atom. The Morgan fingerprint density at radius 1 is 1.05 bits per heavy atom. The number of aromatic hydroxyl groups is 2. The van der Waals surface area contributed by atoms with Gasteiger partial charge in [0.2, 0.25) is 0 Å². The Balaban J connectivity index is 1.71. The van der Waals surface area contributed by atoms with Crippen LogP contribution in [0.3, 0.4) is 0 Å². The Hall–Kier alpha value is -2.40. The van der Waals surface area contributed by atoms with E-state index in [2.05, 4.69) is 11.0 Å². The minimum Gasteiger partial charge on any atom is -0.504 e. The van der Waals surface area contributed by atoms with Crippen molar-refractivity contribution in [3.63, 3.8) is 0 Å². The molecule has 0 unspecified atom stereocenters. The summed E-state index contributed by atoms with van der Waals surface area (Å²) in [5.74, 6) is -0.209. The molecule has 2 N–H and O–H groups in total. The van der Waals surface area contributed by atoms with Crippen LogP contribution in [0, 0.1) is 0 Å². The van der Waals surface area contributed by atoms with Gasteiger partial charge in [-0.15, -0.1) is 0 Å². The molecule has 4 nitrogen and oxygen atoms in total. The number of hydrogen-bond acceptors (Lipinski definition) is 5. The number of para-hydroxylation sites is 1. The molecular weight excluding hydrogens is 296 g/mol. The maximum Gasteiger partial charge on any atom is 0.173 e. The minimum atomic E-state index is -0.105. The van der Waals surface area contributed by atoms with Gasteiger partial charge >= 0.3 is 0 Å². The van der Waals surface area contributed by atoms with E-state index < -0.39 is 0 Å². The largest absolute Gasteiger partial charge is 0.504 e. The van der Waals surface area contributed by atoms with Crippen LogP contribution in [-0.4, -0.2) is 26.8 Å². The van der Waals surface area contributed by atoms with E-state index in [-0.39, 0.29) is 11.5 Å². The van der Waals surface area contributed by atoms with E-state index in [1.165, 1.54) is 11.6 Å². The molecule has 5 heteroatoms. The van der Waals surface area contributed by atoms with Gasteiger partial charge in [-0.25, -0.2) is 4.99 Å². The molecule has 2 aromatic rings. The fraction of sp³-hybridized carbons (Fsp3) is 0.118. The summed E-state index contributed by atoms with van der Waals surface area (Å²) in [5.41, 5.74) is 4.15. The third-order valence-electron chi connectivity index (χ3n) is 3.88. The Labute approximate surface area is 132 Å². The van der Waals surface area contributed by atoms with Crippen LogP contribution in [0.25, 0.3) is 5.70 Å². The number of aliphatic imine (C=N–C) groups is 1. The maximum absolute atomic E-state index is 9.72. The van der Waals surface area contributed by atoms with Crippen LogP contribution < -0.4 is 0 Å². The van der Waals surface area contributed by atoms with Gasteiger partial charge in [0.05, 0.1) is 11.4 Å². The van der Waals surface area contributed by atoms with Crippen molar-refractivity contribution >= 4 is 28.3 Å². The van der Waals surface area contributed by atoms with E-state index in [1.807, 2.05) is 29.7 Å². The van der Waals surface area contributed by atoms with Gasteiger partial charge in [0.25, 0.3) is 0 Å². The number of fused-ring (bicyclic) bond motifs is 2. The molecule has 110 valence electrons. The van der Waals surface area contributed by atoms with Crippen molar-refractivity contribution in [1.82, 2.24) is 4.90 Å². The molecule has 4 rings (SSSR count). The van der Waals surface area contributed by atoms with Gasteiger partial charge in [-0.3, -0.25) is 0 Å². The normalized spacial score (nSPS) is 16.5. The summed E-state index contributed by atoms with van der Waals surface area (Å²) >= 11 is 1.59. The highest BCUT2D eigenvalue weighted by Gasteiger charge is 2.26. The number of rotatable bonds is 1. The van der Waals surface area contributed by atoms with Gasteiger partial charge in [0.1, 0.15) is 0 Å². The van der Waals surface area contributed by atoms with Crippen molar-refractivity contribution < 1.29 is 10.2 Å². The molecule has 0 saturated heterocycles. The molecule has 2 aromatic carbocycles. The van der Waals surface area contributed by atoms with Crippen LogP contribution in [0.2, 0.25) is 0 Å². The van der Waals surface area contributed by atoms with Gasteiger partial charge < -0.3 is 15.1 Å². The average Bonchev–Trinajstić information content (AvgIpc) is 2.82. The summed E-state index contributed by atoms with van der Waals surface area (Å²) in [4.78, 5) is 6.92. The monoisotopic (exact) mass is 310 g/mol. The first-order valence-electron chi connectivity index (χ1n) is 7.06. The smallest absolute Gasteiger partial charge is 0.173 e. The third kappa shape index (κ3) is 2.14. The van der Waals surface area contributed by atoms with Gasteiger partial charge in [-0.2, -0.15) is 0 Å². The van der Waals surface area contributed by atoms with Crippen molar-refractivity contribution in [3.8, 4) is 11.5 Å². The number of benzene rings is 2. The highest BCUT2D eigenvalue weighted by atomic mass is 32.2. The molecule has 0 radical (unpaired) electrons. The summed E-state index contributed by atoms with van der Waals surface area (Å²) in [5, 5.41) is 22.2. The fourth-order valence-corrected chi connectivity index (χ4v) is 3.66. The van der Waals surface area contributed by atoms with E-state index in [0.717, 1.165) is 35.1 Å². The van der Waals surface area contributed by atoms with Gasteiger partial charge in [-0.1, -0.05) is 30.0 Å². The number of phenolic OH excluding ortho intramolecular Hbond substituents is 2. The molecule has 0 amide bonds. The van der Waals surface area contributed by atoms with Crippen LogP contribution in [-0.2, 0) is 6.42 Å². The van der Waals surface area contributed by atoms with Crippen molar-refractivity contribution in [2.75, 3.05) is 6.54 Å².